The fraction of sp³-hybridized carbons (Fsp3) is 0.333. The first kappa shape index (κ1) is 12.9. The molecule has 0 radical (unpaired) electrons. The van der Waals surface area contributed by atoms with Gasteiger partial charge in [-0.05, 0) is 41.5 Å². The zero-order valence-electron chi connectivity index (χ0n) is 10.8. The number of Topliss-reactive ketones (excluding diaryl/α,β-unsaturated/α-hetero) is 1. The van der Waals surface area contributed by atoms with Crippen molar-refractivity contribution in [3.8, 4) is 0 Å². The molecule has 0 N–H and O–H groups in total. The number of pyridine rings is 1. The van der Waals surface area contributed by atoms with Crippen LogP contribution in [0.2, 0.25) is 0 Å². The second-order valence-corrected chi connectivity index (χ2v) is 6.97. The highest BCUT2D eigenvalue weighted by atomic mass is 32.2. The van der Waals surface area contributed by atoms with Gasteiger partial charge in [-0.25, -0.2) is 0 Å². The lowest BCUT2D eigenvalue weighted by Gasteiger charge is -2.08. The molecular formula is C15H15NOS2. The summed E-state index contributed by atoms with van der Waals surface area (Å²) in [7, 11) is 0. The molecular weight excluding hydrogens is 274 g/mol. The molecule has 0 spiro atoms. The Kier molecular flexibility index (Phi) is 3.71. The van der Waals surface area contributed by atoms with Crippen LogP contribution in [0.5, 0.6) is 0 Å². The topological polar surface area (TPSA) is 30.0 Å². The molecule has 0 saturated carbocycles. The number of thiophene rings is 1. The molecule has 1 aliphatic heterocycles. The third-order valence-corrected chi connectivity index (χ3v) is 5.73. The Morgan fingerprint density at radius 1 is 1.37 bits per heavy atom. The number of carbonyl (C=O) groups is 1. The van der Waals surface area contributed by atoms with Crippen LogP contribution in [0.4, 0.5) is 0 Å². The molecule has 19 heavy (non-hydrogen) atoms. The summed E-state index contributed by atoms with van der Waals surface area (Å²) in [6.45, 7) is 1.98. The molecule has 1 atom stereocenters. The number of fused-ring (bicyclic) bond motifs is 1. The van der Waals surface area contributed by atoms with Gasteiger partial charge in [0.05, 0.1) is 4.88 Å². The Morgan fingerprint density at radius 3 is 2.89 bits per heavy atom. The molecule has 98 valence electrons. The lowest BCUT2D eigenvalue weighted by Crippen LogP contribution is -2.07. The quantitative estimate of drug-likeness (QED) is 0.802. The van der Waals surface area contributed by atoms with E-state index in [2.05, 4.69) is 11.1 Å². The summed E-state index contributed by atoms with van der Waals surface area (Å²) in [5.74, 6) is 2.38. The molecule has 1 unspecified atom stereocenters. The van der Waals surface area contributed by atoms with Crippen LogP contribution in [0.1, 0.15) is 38.5 Å². The summed E-state index contributed by atoms with van der Waals surface area (Å²) in [5.41, 5.74) is 2.41. The van der Waals surface area contributed by atoms with Crippen molar-refractivity contribution in [3.63, 3.8) is 0 Å². The van der Waals surface area contributed by atoms with Gasteiger partial charge in [0.1, 0.15) is 0 Å². The normalized spacial score (nSPS) is 15.8. The van der Waals surface area contributed by atoms with E-state index >= 15 is 0 Å². The molecule has 2 aromatic heterocycles. The maximum absolute atomic E-state index is 12.5. The summed E-state index contributed by atoms with van der Waals surface area (Å²) in [5, 5.41) is 0. The molecule has 0 aromatic carbocycles. The maximum atomic E-state index is 12.5. The molecule has 0 saturated heterocycles. The van der Waals surface area contributed by atoms with E-state index in [1.807, 2.05) is 30.8 Å². The van der Waals surface area contributed by atoms with Crippen LogP contribution in [0.25, 0.3) is 0 Å². The van der Waals surface area contributed by atoms with Crippen molar-refractivity contribution in [3.05, 3.63) is 51.5 Å². The van der Waals surface area contributed by atoms with Crippen LogP contribution in [-0.2, 0) is 12.2 Å². The molecule has 3 heterocycles. The standard InChI is InChI=1S/C15H15NOS2/c1-10(11-2-5-16-6-3-11)15(17)14-8-12-9-18-7-4-13(12)19-14/h2-3,5-6,8,10H,4,7,9H2,1H3. The van der Waals surface area contributed by atoms with Gasteiger partial charge in [-0.2, -0.15) is 11.8 Å². The third-order valence-electron chi connectivity index (χ3n) is 3.47. The number of hydrogen-bond donors (Lipinski definition) is 0. The first-order chi connectivity index (χ1) is 9.25. The van der Waals surface area contributed by atoms with Gasteiger partial charge in [0, 0.05) is 28.9 Å². The van der Waals surface area contributed by atoms with E-state index in [9.17, 15) is 4.79 Å². The minimum absolute atomic E-state index is 0.0873. The first-order valence-electron chi connectivity index (χ1n) is 6.39. The van der Waals surface area contributed by atoms with Gasteiger partial charge in [0.15, 0.2) is 5.78 Å². The summed E-state index contributed by atoms with van der Waals surface area (Å²) < 4.78 is 0. The van der Waals surface area contributed by atoms with Crippen LogP contribution in [-0.4, -0.2) is 16.5 Å². The Balaban J connectivity index is 1.86. The third kappa shape index (κ3) is 2.60. The molecule has 1 aliphatic rings. The second kappa shape index (κ2) is 5.47. The summed E-state index contributed by atoms with van der Waals surface area (Å²) in [6.07, 6.45) is 4.60. The van der Waals surface area contributed by atoms with E-state index in [-0.39, 0.29) is 11.7 Å². The van der Waals surface area contributed by atoms with Crippen molar-refractivity contribution in [2.75, 3.05) is 5.75 Å². The van der Waals surface area contributed by atoms with Crippen molar-refractivity contribution in [1.29, 1.82) is 0 Å². The molecule has 0 aliphatic carbocycles. The zero-order chi connectivity index (χ0) is 13.2. The van der Waals surface area contributed by atoms with Crippen molar-refractivity contribution < 1.29 is 4.79 Å². The van der Waals surface area contributed by atoms with E-state index in [0.29, 0.717) is 0 Å². The Hall–Kier alpha value is -1.13. The second-order valence-electron chi connectivity index (χ2n) is 4.73. The van der Waals surface area contributed by atoms with Crippen molar-refractivity contribution in [1.82, 2.24) is 4.98 Å². The maximum Gasteiger partial charge on any atom is 0.179 e. The zero-order valence-corrected chi connectivity index (χ0v) is 12.4. The van der Waals surface area contributed by atoms with Crippen molar-refractivity contribution in [2.24, 2.45) is 0 Å². The SMILES string of the molecule is CC(C(=O)c1cc2c(s1)CCSC2)c1ccncc1. The average Bonchev–Trinajstić information content (AvgIpc) is 2.90. The number of aromatic nitrogens is 1. The van der Waals surface area contributed by atoms with Crippen LogP contribution in [0.3, 0.4) is 0 Å². The predicted octanol–water partition coefficient (Wildman–Crippen LogP) is 3.92. The molecule has 0 fully saturated rings. The highest BCUT2D eigenvalue weighted by Crippen LogP contribution is 2.34. The molecule has 0 amide bonds. The fourth-order valence-corrected chi connectivity index (χ4v) is 4.69. The van der Waals surface area contributed by atoms with E-state index < -0.39 is 0 Å². The smallest absolute Gasteiger partial charge is 0.179 e. The monoisotopic (exact) mass is 289 g/mol. The summed E-state index contributed by atoms with van der Waals surface area (Å²) in [4.78, 5) is 18.9. The number of rotatable bonds is 3. The van der Waals surface area contributed by atoms with Crippen molar-refractivity contribution in [2.45, 2.75) is 25.0 Å². The molecule has 2 aromatic rings. The number of aryl methyl sites for hydroxylation is 1. The molecule has 3 rings (SSSR count). The Labute approximate surface area is 121 Å². The van der Waals surface area contributed by atoms with Gasteiger partial charge in [0.25, 0.3) is 0 Å². The van der Waals surface area contributed by atoms with E-state index in [4.69, 9.17) is 0 Å². The van der Waals surface area contributed by atoms with Crippen LogP contribution in [0.15, 0.2) is 30.6 Å². The minimum atomic E-state index is -0.0873. The van der Waals surface area contributed by atoms with Gasteiger partial charge in [-0.1, -0.05) is 6.92 Å². The lowest BCUT2D eigenvalue weighted by atomic mass is 9.96. The minimum Gasteiger partial charge on any atom is -0.293 e. The van der Waals surface area contributed by atoms with E-state index in [1.54, 1.807) is 23.7 Å². The van der Waals surface area contributed by atoms with Crippen LogP contribution < -0.4 is 0 Å². The highest BCUT2D eigenvalue weighted by molar-refractivity contribution is 7.98. The predicted molar refractivity (Wildman–Crippen MR) is 81.2 cm³/mol. The number of thioether (sulfide) groups is 1. The van der Waals surface area contributed by atoms with Crippen LogP contribution in [0, 0.1) is 0 Å². The molecule has 2 nitrogen and oxygen atoms in total. The highest BCUT2D eigenvalue weighted by Gasteiger charge is 2.22. The summed E-state index contributed by atoms with van der Waals surface area (Å²) >= 11 is 3.64. The van der Waals surface area contributed by atoms with Gasteiger partial charge in [-0.3, -0.25) is 9.78 Å². The van der Waals surface area contributed by atoms with Gasteiger partial charge >= 0.3 is 0 Å². The number of ketones is 1. The van der Waals surface area contributed by atoms with Crippen molar-refractivity contribution >= 4 is 28.9 Å². The van der Waals surface area contributed by atoms with E-state index in [0.717, 1.165) is 22.6 Å². The fourth-order valence-electron chi connectivity index (χ4n) is 2.29. The largest absolute Gasteiger partial charge is 0.293 e. The van der Waals surface area contributed by atoms with Gasteiger partial charge < -0.3 is 0 Å². The molecule has 0 bridgehead atoms. The lowest BCUT2D eigenvalue weighted by molar-refractivity contribution is 0.0970. The number of carbonyl (C=O) groups excluding carboxylic acids is 1. The first-order valence-corrected chi connectivity index (χ1v) is 8.36. The van der Waals surface area contributed by atoms with Crippen LogP contribution >= 0.6 is 23.1 Å². The summed E-state index contributed by atoms with van der Waals surface area (Å²) in [6, 6.07) is 5.95. The Bertz CT molecular complexity index is 568. The Morgan fingerprint density at radius 2 is 2.16 bits per heavy atom. The van der Waals surface area contributed by atoms with Gasteiger partial charge in [0.2, 0.25) is 0 Å². The van der Waals surface area contributed by atoms with E-state index in [1.165, 1.54) is 16.2 Å². The van der Waals surface area contributed by atoms with Gasteiger partial charge in [-0.15, -0.1) is 11.3 Å². The number of nitrogens with zero attached hydrogens (tertiary/aromatic N) is 1. The average molecular weight is 289 g/mol. The number of hydrogen-bond acceptors (Lipinski definition) is 4. The molecule has 4 heteroatoms.